The van der Waals surface area contributed by atoms with Gasteiger partial charge in [-0.05, 0) is 46.1 Å². The predicted octanol–water partition coefficient (Wildman–Crippen LogP) is 3.69. The van der Waals surface area contributed by atoms with Gasteiger partial charge in [0.1, 0.15) is 5.82 Å². The summed E-state index contributed by atoms with van der Waals surface area (Å²) in [7, 11) is 0. The zero-order valence-electron chi connectivity index (χ0n) is 10.7. The first-order valence-electron chi connectivity index (χ1n) is 6.12. The molecule has 1 aromatic carbocycles. The van der Waals surface area contributed by atoms with Crippen LogP contribution in [0.4, 0.5) is 9.18 Å². The Morgan fingerprint density at radius 3 is 2.85 bits per heavy atom. The fraction of sp³-hybridized carbons (Fsp3) is 0.214. The number of nitrogens with one attached hydrogen (secondary N) is 2. The van der Waals surface area contributed by atoms with Gasteiger partial charge in [0.05, 0.1) is 6.54 Å². The highest BCUT2D eigenvalue weighted by molar-refractivity contribution is 9.10. The molecule has 0 aliphatic rings. The Balaban J connectivity index is 1.67. The first-order valence-corrected chi connectivity index (χ1v) is 7.80. The highest BCUT2D eigenvalue weighted by Crippen LogP contribution is 2.19. The molecule has 0 saturated heterocycles. The summed E-state index contributed by atoms with van der Waals surface area (Å²) in [5, 5.41) is 7.49. The number of hydrogen-bond acceptors (Lipinski definition) is 2. The van der Waals surface area contributed by atoms with Gasteiger partial charge in [-0.3, -0.25) is 0 Å². The van der Waals surface area contributed by atoms with E-state index in [0.29, 0.717) is 19.5 Å². The second-order valence-corrected chi connectivity index (χ2v) is 6.13. The summed E-state index contributed by atoms with van der Waals surface area (Å²) >= 11 is 4.95. The number of thiophene rings is 1. The summed E-state index contributed by atoms with van der Waals surface area (Å²) in [6.45, 7) is 0.978. The molecule has 2 aromatic rings. The maximum Gasteiger partial charge on any atom is 0.315 e. The Kier molecular flexibility index (Phi) is 5.55. The molecule has 0 unspecified atom stereocenters. The standard InChI is InChI=1S/C14H14BrFN2OS/c15-11-7-13(20-9-11)8-18-14(19)17-5-4-10-2-1-3-12(16)6-10/h1-3,6-7,9H,4-5,8H2,(H2,17,18,19). The van der Waals surface area contributed by atoms with Crippen molar-refractivity contribution in [2.75, 3.05) is 6.54 Å². The van der Waals surface area contributed by atoms with E-state index >= 15 is 0 Å². The second kappa shape index (κ2) is 7.40. The van der Waals surface area contributed by atoms with Crippen LogP contribution in [-0.2, 0) is 13.0 Å². The molecule has 0 spiro atoms. The molecule has 2 amide bonds. The van der Waals surface area contributed by atoms with E-state index in [1.807, 2.05) is 17.5 Å². The molecule has 6 heteroatoms. The van der Waals surface area contributed by atoms with Crippen LogP contribution < -0.4 is 10.6 Å². The van der Waals surface area contributed by atoms with E-state index < -0.39 is 0 Å². The maximum atomic E-state index is 13.0. The minimum atomic E-state index is -0.254. The van der Waals surface area contributed by atoms with Crippen LogP contribution in [0.3, 0.4) is 0 Å². The van der Waals surface area contributed by atoms with Gasteiger partial charge in [-0.2, -0.15) is 0 Å². The molecule has 0 radical (unpaired) electrons. The number of benzene rings is 1. The van der Waals surface area contributed by atoms with Crippen molar-refractivity contribution >= 4 is 33.3 Å². The Bertz CT molecular complexity index is 588. The summed E-state index contributed by atoms with van der Waals surface area (Å²) in [6.07, 6.45) is 0.607. The molecule has 1 aromatic heterocycles. The number of amides is 2. The van der Waals surface area contributed by atoms with E-state index in [4.69, 9.17) is 0 Å². The molecule has 2 N–H and O–H groups in total. The van der Waals surface area contributed by atoms with Crippen molar-refractivity contribution in [3.8, 4) is 0 Å². The summed E-state index contributed by atoms with van der Waals surface area (Å²) in [5.41, 5.74) is 0.868. The lowest BCUT2D eigenvalue weighted by Crippen LogP contribution is -2.36. The second-order valence-electron chi connectivity index (χ2n) is 4.22. The molecule has 3 nitrogen and oxygen atoms in total. The van der Waals surface area contributed by atoms with Crippen molar-refractivity contribution < 1.29 is 9.18 Å². The molecule has 0 atom stereocenters. The zero-order chi connectivity index (χ0) is 14.4. The molecular weight excluding hydrogens is 343 g/mol. The van der Waals surface area contributed by atoms with E-state index in [9.17, 15) is 9.18 Å². The summed E-state index contributed by atoms with van der Waals surface area (Å²) in [5.74, 6) is -0.254. The third kappa shape index (κ3) is 4.94. The van der Waals surface area contributed by atoms with Gasteiger partial charge < -0.3 is 10.6 Å². The Morgan fingerprint density at radius 1 is 1.30 bits per heavy atom. The molecule has 0 saturated carbocycles. The number of urea groups is 1. The van der Waals surface area contributed by atoms with E-state index in [0.717, 1.165) is 14.9 Å². The predicted molar refractivity (Wildman–Crippen MR) is 82.4 cm³/mol. The van der Waals surface area contributed by atoms with Crippen molar-refractivity contribution in [1.29, 1.82) is 0 Å². The Labute approximate surface area is 129 Å². The SMILES string of the molecule is O=C(NCCc1cccc(F)c1)NCc1cc(Br)cs1. The molecular formula is C14H14BrFN2OS. The molecule has 0 aliphatic carbocycles. The van der Waals surface area contributed by atoms with E-state index in [1.54, 1.807) is 17.4 Å². The lowest BCUT2D eigenvalue weighted by molar-refractivity contribution is 0.240. The van der Waals surface area contributed by atoms with Crippen molar-refractivity contribution in [2.24, 2.45) is 0 Å². The van der Waals surface area contributed by atoms with Crippen LogP contribution in [0.1, 0.15) is 10.4 Å². The van der Waals surface area contributed by atoms with Crippen LogP contribution >= 0.6 is 27.3 Å². The smallest absolute Gasteiger partial charge is 0.315 e. The van der Waals surface area contributed by atoms with Gasteiger partial charge >= 0.3 is 6.03 Å². The first kappa shape index (κ1) is 15.0. The minimum Gasteiger partial charge on any atom is -0.338 e. The third-order valence-electron chi connectivity index (χ3n) is 2.63. The average molecular weight is 357 g/mol. The van der Waals surface area contributed by atoms with Crippen LogP contribution in [0.5, 0.6) is 0 Å². The van der Waals surface area contributed by atoms with Crippen LogP contribution in [0, 0.1) is 5.82 Å². The van der Waals surface area contributed by atoms with Crippen molar-refractivity contribution in [3.63, 3.8) is 0 Å². The lowest BCUT2D eigenvalue weighted by atomic mass is 10.1. The molecule has 106 valence electrons. The maximum absolute atomic E-state index is 13.0. The van der Waals surface area contributed by atoms with E-state index in [2.05, 4.69) is 26.6 Å². The number of rotatable bonds is 5. The molecule has 0 bridgehead atoms. The molecule has 20 heavy (non-hydrogen) atoms. The number of halogens is 2. The first-order chi connectivity index (χ1) is 9.63. The monoisotopic (exact) mass is 356 g/mol. The molecule has 0 aliphatic heterocycles. The normalized spacial score (nSPS) is 10.3. The number of carbonyl (C=O) groups excluding carboxylic acids is 1. The highest BCUT2D eigenvalue weighted by atomic mass is 79.9. The van der Waals surface area contributed by atoms with Gasteiger partial charge in [-0.15, -0.1) is 11.3 Å². The van der Waals surface area contributed by atoms with E-state index in [1.165, 1.54) is 12.1 Å². The average Bonchev–Trinajstić information content (AvgIpc) is 2.82. The third-order valence-corrected chi connectivity index (χ3v) is 4.33. The van der Waals surface area contributed by atoms with Gasteiger partial charge in [0.25, 0.3) is 0 Å². The van der Waals surface area contributed by atoms with Crippen molar-refractivity contribution in [1.82, 2.24) is 10.6 Å². The van der Waals surface area contributed by atoms with Gasteiger partial charge in [-0.1, -0.05) is 12.1 Å². The van der Waals surface area contributed by atoms with Gasteiger partial charge in [0.2, 0.25) is 0 Å². The molecule has 0 fully saturated rings. The van der Waals surface area contributed by atoms with Crippen molar-refractivity contribution in [3.05, 3.63) is 56.4 Å². The largest absolute Gasteiger partial charge is 0.338 e. The fourth-order valence-corrected chi connectivity index (χ4v) is 3.08. The Morgan fingerprint density at radius 2 is 2.15 bits per heavy atom. The van der Waals surface area contributed by atoms with E-state index in [-0.39, 0.29) is 11.8 Å². The Hall–Kier alpha value is -1.40. The van der Waals surface area contributed by atoms with Gasteiger partial charge in [-0.25, -0.2) is 9.18 Å². The molecule has 1 heterocycles. The van der Waals surface area contributed by atoms with Gasteiger partial charge in [0, 0.05) is 21.3 Å². The number of hydrogen-bond donors (Lipinski definition) is 2. The quantitative estimate of drug-likeness (QED) is 0.842. The summed E-state index contributed by atoms with van der Waals surface area (Å²) < 4.78 is 14.0. The van der Waals surface area contributed by atoms with Crippen LogP contribution in [0.2, 0.25) is 0 Å². The lowest BCUT2D eigenvalue weighted by Gasteiger charge is -2.06. The topological polar surface area (TPSA) is 41.1 Å². The zero-order valence-corrected chi connectivity index (χ0v) is 13.1. The number of carbonyl (C=O) groups is 1. The summed E-state index contributed by atoms with van der Waals surface area (Å²) in [4.78, 5) is 12.7. The van der Waals surface area contributed by atoms with Crippen molar-refractivity contribution in [2.45, 2.75) is 13.0 Å². The minimum absolute atomic E-state index is 0.217. The van der Waals surface area contributed by atoms with Crippen LogP contribution in [0.25, 0.3) is 0 Å². The van der Waals surface area contributed by atoms with Crippen LogP contribution in [0.15, 0.2) is 40.2 Å². The van der Waals surface area contributed by atoms with Gasteiger partial charge in [0.15, 0.2) is 0 Å². The highest BCUT2D eigenvalue weighted by Gasteiger charge is 2.02. The fourth-order valence-electron chi connectivity index (χ4n) is 1.69. The van der Waals surface area contributed by atoms with Crippen LogP contribution in [-0.4, -0.2) is 12.6 Å². The molecule has 2 rings (SSSR count). The summed E-state index contributed by atoms with van der Waals surface area (Å²) in [6, 6.07) is 8.14.